The Kier molecular flexibility index (Phi) is 6.11. The van der Waals surface area contributed by atoms with Gasteiger partial charge in [0.1, 0.15) is 12.4 Å². The highest BCUT2D eigenvalue weighted by Crippen LogP contribution is 2.69. The van der Waals surface area contributed by atoms with Crippen LogP contribution in [0.5, 0.6) is 0 Å². The van der Waals surface area contributed by atoms with E-state index in [0.717, 1.165) is 51.2 Å². The van der Waals surface area contributed by atoms with Crippen LogP contribution >= 0.6 is 0 Å². The zero-order chi connectivity index (χ0) is 25.1. The van der Waals surface area contributed by atoms with Crippen molar-refractivity contribution in [3.63, 3.8) is 0 Å². The Bertz CT molecular complexity index is 986. The third kappa shape index (κ3) is 3.71. The van der Waals surface area contributed by atoms with Crippen LogP contribution in [0.3, 0.4) is 0 Å². The number of carbonyl (C=O) groups excluding carboxylic acids is 2. The van der Waals surface area contributed by atoms with Crippen molar-refractivity contribution in [2.24, 2.45) is 46.3 Å². The molecule has 196 valence electrons. The van der Waals surface area contributed by atoms with Gasteiger partial charge in [-0.1, -0.05) is 39.0 Å². The smallest absolute Gasteiger partial charge is 0.338 e. The van der Waals surface area contributed by atoms with Crippen molar-refractivity contribution >= 4 is 12.3 Å². The lowest BCUT2D eigenvalue weighted by Gasteiger charge is -2.63. The molecule has 0 N–H and O–H groups in total. The maximum absolute atomic E-state index is 13.3. The van der Waals surface area contributed by atoms with Crippen molar-refractivity contribution in [2.45, 2.75) is 84.0 Å². The van der Waals surface area contributed by atoms with Gasteiger partial charge in [0.2, 0.25) is 0 Å². The Balaban J connectivity index is 1.34. The SMILES string of the molecule is CC(C=O)[C@H]1CCC2C3C(OC(=O)c4ccccc4)C[C@H]4CC5(CC[C@]4(C)C3CC[C@@]21C)OCCO5. The predicted molar refractivity (Wildman–Crippen MR) is 136 cm³/mol. The van der Waals surface area contributed by atoms with Crippen LogP contribution in [0.2, 0.25) is 0 Å². The number of aldehydes is 1. The molecule has 0 aromatic heterocycles. The summed E-state index contributed by atoms with van der Waals surface area (Å²) >= 11 is 0. The van der Waals surface area contributed by atoms with Crippen LogP contribution in [-0.4, -0.2) is 37.4 Å². The second kappa shape index (κ2) is 8.94. The summed E-state index contributed by atoms with van der Waals surface area (Å²) < 4.78 is 18.8. The fourth-order valence-corrected chi connectivity index (χ4v) is 9.80. The molecule has 1 aromatic rings. The molecule has 0 radical (unpaired) electrons. The third-order valence-electron chi connectivity index (χ3n) is 11.7. The zero-order valence-electron chi connectivity index (χ0n) is 22.1. The number of rotatable bonds is 4. The lowest BCUT2D eigenvalue weighted by molar-refractivity contribution is -0.242. The average Bonchev–Trinajstić information content (AvgIpc) is 3.49. The zero-order valence-corrected chi connectivity index (χ0v) is 22.1. The summed E-state index contributed by atoms with van der Waals surface area (Å²) in [4.78, 5) is 25.2. The molecule has 5 heteroatoms. The van der Waals surface area contributed by atoms with Crippen LogP contribution in [0.1, 0.15) is 82.5 Å². The van der Waals surface area contributed by atoms with Crippen molar-refractivity contribution in [2.75, 3.05) is 13.2 Å². The molecular formula is C31H42O5. The summed E-state index contributed by atoms with van der Waals surface area (Å²) in [6, 6.07) is 9.44. The van der Waals surface area contributed by atoms with Gasteiger partial charge < -0.3 is 19.0 Å². The normalized spacial score (nSPS) is 43.8. The van der Waals surface area contributed by atoms with E-state index in [-0.39, 0.29) is 28.8 Å². The molecule has 36 heavy (non-hydrogen) atoms. The number of carbonyl (C=O) groups is 2. The van der Waals surface area contributed by atoms with Crippen LogP contribution in [0.15, 0.2) is 30.3 Å². The molecule has 9 atom stereocenters. The summed E-state index contributed by atoms with van der Waals surface area (Å²) in [6.07, 6.45) is 9.47. The molecule has 0 amide bonds. The summed E-state index contributed by atoms with van der Waals surface area (Å²) in [5.74, 6) is 1.63. The fourth-order valence-electron chi connectivity index (χ4n) is 9.80. The highest BCUT2D eigenvalue weighted by Gasteiger charge is 2.65. The van der Waals surface area contributed by atoms with Gasteiger partial charge in [-0.05, 0) is 85.2 Å². The summed E-state index contributed by atoms with van der Waals surface area (Å²) in [5.41, 5.74) is 0.967. The van der Waals surface area contributed by atoms with Crippen LogP contribution in [0.4, 0.5) is 0 Å². The van der Waals surface area contributed by atoms with Crippen LogP contribution in [0.25, 0.3) is 0 Å². The molecule has 5 nitrogen and oxygen atoms in total. The number of esters is 1. The molecule has 6 rings (SSSR count). The van der Waals surface area contributed by atoms with Gasteiger partial charge >= 0.3 is 5.97 Å². The van der Waals surface area contributed by atoms with Gasteiger partial charge in [0.25, 0.3) is 0 Å². The first kappa shape index (κ1) is 24.6. The first-order chi connectivity index (χ1) is 17.3. The van der Waals surface area contributed by atoms with Crippen LogP contribution in [0, 0.1) is 46.3 Å². The van der Waals surface area contributed by atoms with Gasteiger partial charge in [-0.3, -0.25) is 0 Å². The van der Waals surface area contributed by atoms with Gasteiger partial charge in [0, 0.05) is 24.7 Å². The molecule has 5 fully saturated rings. The van der Waals surface area contributed by atoms with E-state index < -0.39 is 5.79 Å². The predicted octanol–water partition coefficient (Wildman–Crippen LogP) is 6.06. The standard InChI is InChI=1S/C31H42O5/c1-20(19-32)23-9-10-24-27-25(11-12-30(23,24)3)29(2)13-14-31(34-15-16-35-31)18-22(29)17-26(27)36-28(33)21-7-5-4-6-8-21/h4-8,19-20,22-27H,9-18H2,1-3H3/t20?,22-,23+,24?,25?,26?,27?,29-,30+/m0/s1. The molecule has 5 unspecified atom stereocenters. The topological polar surface area (TPSA) is 61.8 Å². The van der Waals surface area contributed by atoms with E-state index in [0.29, 0.717) is 48.4 Å². The van der Waals surface area contributed by atoms with E-state index in [2.05, 4.69) is 20.8 Å². The van der Waals surface area contributed by atoms with Gasteiger partial charge in [-0.15, -0.1) is 0 Å². The molecule has 1 aromatic carbocycles. The highest BCUT2D eigenvalue weighted by molar-refractivity contribution is 5.89. The number of benzene rings is 1. The third-order valence-corrected chi connectivity index (χ3v) is 11.7. The van der Waals surface area contributed by atoms with Crippen molar-refractivity contribution in [1.29, 1.82) is 0 Å². The van der Waals surface area contributed by atoms with Crippen molar-refractivity contribution < 1.29 is 23.8 Å². The Morgan fingerprint density at radius 3 is 2.44 bits per heavy atom. The minimum absolute atomic E-state index is 0.0833. The average molecular weight is 495 g/mol. The lowest BCUT2D eigenvalue weighted by Crippen LogP contribution is -2.60. The molecule has 5 aliphatic rings. The molecule has 4 saturated carbocycles. The molecule has 1 saturated heterocycles. The Hall–Kier alpha value is -1.72. The van der Waals surface area contributed by atoms with E-state index in [1.807, 2.05) is 30.3 Å². The Morgan fingerprint density at radius 2 is 1.72 bits per heavy atom. The quantitative estimate of drug-likeness (QED) is 0.376. The number of ether oxygens (including phenoxy) is 3. The fraction of sp³-hybridized carbons (Fsp3) is 0.742. The van der Waals surface area contributed by atoms with E-state index in [9.17, 15) is 9.59 Å². The van der Waals surface area contributed by atoms with Crippen molar-refractivity contribution in [3.05, 3.63) is 35.9 Å². The van der Waals surface area contributed by atoms with Crippen molar-refractivity contribution in [3.8, 4) is 0 Å². The molecule has 4 aliphatic carbocycles. The number of hydrogen-bond acceptors (Lipinski definition) is 5. The molecule has 1 spiro atoms. The van der Waals surface area contributed by atoms with E-state index >= 15 is 0 Å². The van der Waals surface area contributed by atoms with Gasteiger partial charge in [0.15, 0.2) is 5.79 Å². The maximum Gasteiger partial charge on any atom is 0.338 e. The molecule has 0 bridgehead atoms. The molecular weight excluding hydrogens is 452 g/mol. The first-order valence-electron chi connectivity index (χ1n) is 14.3. The Labute approximate surface area is 215 Å². The lowest BCUT2D eigenvalue weighted by atomic mass is 9.43. The van der Waals surface area contributed by atoms with Gasteiger partial charge in [0.05, 0.1) is 18.8 Å². The van der Waals surface area contributed by atoms with Crippen LogP contribution < -0.4 is 0 Å². The van der Waals surface area contributed by atoms with Gasteiger partial charge in [-0.25, -0.2) is 4.79 Å². The van der Waals surface area contributed by atoms with E-state index in [4.69, 9.17) is 14.2 Å². The Morgan fingerprint density at radius 1 is 1.00 bits per heavy atom. The largest absolute Gasteiger partial charge is 0.458 e. The number of hydrogen-bond donors (Lipinski definition) is 0. The molecule has 1 aliphatic heterocycles. The van der Waals surface area contributed by atoms with E-state index in [1.54, 1.807) is 0 Å². The highest BCUT2D eigenvalue weighted by atomic mass is 16.7. The minimum Gasteiger partial charge on any atom is -0.458 e. The van der Waals surface area contributed by atoms with Crippen molar-refractivity contribution in [1.82, 2.24) is 0 Å². The maximum atomic E-state index is 13.3. The molecule has 1 heterocycles. The van der Waals surface area contributed by atoms with Gasteiger partial charge in [-0.2, -0.15) is 0 Å². The second-order valence-corrected chi connectivity index (χ2v) is 13.1. The van der Waals surface area contributed by atoms with Crippen LogP contribution in [-0.2, 0) is 19.0 Å². The summed E-state index contributed by atoms with van der Waals surface area (Å²) in [7, 11) is 0. The number of fused-ring (bicyclic) bond motifs is 5. The van der Waals surface area contributed by atoms with E-state index in [1.165, 1.54) is 6.42 Å². The monoisotopic (exact) mass is 494 g/mol. The first-order valence-corrected chi connectivity index (χ1v) is 14.3. The summed E-state index contributed by atoms with van der Waals surface area (Å²) in [5, 5.41) is 0. The minimum atomic E-state index is -0.438. The second-order valence-electron chi connectivity index (χ2n) is 13.1. The summed E-state index contributed by atoms with van der Waals surface area (Å²) in [6.45, 7) is 8.41.